The quantitative estimate of drug-likeness (QED) is 0.0811. The van der Waals surface area contributed by atoms with Gasteiger partial charge in [-0.05, 0) is 69.0 Å². The summed E-state index contributed by atoms with van der Waals surface area (Å²) in [6, 6.07) is 16.2. The van der Waals surface area contributed by atoms with Gasteiger partial charge in [0.05, 0.1) is 17.5 Å². The van der Waals surface area contributed by atoms with Crippen LogP contribution in [0.2, 0.25) is 0 Å². The Hall–Kier alpha value is -3.60. The molecule has 1 aliphatic heterocycles. The smallest absolute Gasteiger partial charge is 0.338 e. The summed E-state index contributed by atoms with van der Waals surface area (Å²) in [6.45, 7) is 12.5. The number of hydrogen-bond donors (Lipinski definition) is 1. The van der Waals surface area contributed by atoms with Crippen molar-refractivity contribution in [3.05, 3.63) is 70.6 Å². The van der Waals surface area contributed by atoms with Crippen molar-refractivity contribution in [1.29, 1.82) is 0 Å². The van der Waals surface area contributed by atoms with E-state index >= 15 is 0 Å². The Morgan fingerprint density at radius 1 is 0.814 bits per heavy atom. The Morgan fingerprint density at radius 3 is 2.21 bits per heavy atom. The van der Waals surface area contributed by atoms with E-state index in [1.54, 1.807) is 0 Å². The number of anilines is 1. The van der Waals surface area contributed by atoms with Crippen LogP contribution in [0.5, 0.6) is 0 Å². The van der Waals surface area contributed by atoms with Gasteiger partial charge in [-0.1, -0.05) is 82.9 Å². The molecule has 0 bridgehead atoms. The van der Waals surface area contributed by atoms with Crippen LogP contribution in [0.15, 0.2) is 57.9 Å². The van der Waals surface area contributed by atoms with Crippen molar-refractivity contribution < 1.29 is 13.9 Å². The molecule has 0 saturated carbocycles. The second-order valence-electron chi connectivity index (χ2n) is 11.6. The molecule has 1 N–H and O–H groups in total. The van der Waals surface area contributed by atoms with Crippen LogP contribution < -0.4 is 10.7 Å². The maximum atomic E-state index is 13.5. The van der Waals surface area contributed by atoms with Gasteiger partial charge in [0.2, 0.25) is 0 Å². The molecule has 0 atom stereocenters. The maximum absolute atomic E-state index is 13.5. The zero-order chi connectivity index (χ0) is 30.6. The fourth-order valence-electron chi connectivity index (χ4n) is 5.91. The molecule has 0 amide bonds. The molecule has 0 fully saturated rings. The van der Waals surface area contributed by atoms with E-state index in [4.69, 9.17) is 9.15 Å². The van der Waals surface area contributed by atoms with E-state index in [-0.39, 0.29) is 5.97 Å². The molecule has 0 unspecified atom stereocenters. The van der Waals surface area contributed by atoms with Crippen LogP contribution in [0.25, 0.3) is 33.4 Å². The van der Waals surface area contributed by atoms with Crippen LogP contribution in [-0.2, 0) is 4.74 Å². The molecule has 4 rings (SSSR count). The van der Waals surface area contributed by atoms with Gasteiger partial charge in [-0.25, -0.2) is 4.79 Å². The number of nitrogens with one attached hydrogen (secondary N) is 1. The van der Waals surface area contributed by atoms with Crippen LogP contribution in [0.4, 0.5) is 5.69 Å². The third kappa shape index (κ3) is 8.28. The molecule has 0 radical (unpaired) electrons. The molecular formula is C38H50N2O3. The lowest BCUT2D eigenvalue weighted by Crippen LogP contribution is -2.11. The lowest BCUT2D eigenvalue weighted by atomic mass is 9.89. The minimum Gasteiger partial charge on any atom is -0.462 e. The maximum Gasteiger partial charge on any atom is 0.338 e. The summed E-state index contributed by atoms with van der Waals surface area (Å²) >= 11 is 0. The van der Waals surface area contributed by atoms with E-state index in [1.807, 2.05) is 37.3 Å². The van der Waals surface area contributed by atoms with Crippen LogP contribution in [-0.4, -0.2) is 25.7 Å². The first-order valence-corrected chi connectivity index (χ1v) is 16.5. The minimum absolute atomic E-state index is 0.274. The van der Waals surface area contributed by atoms with E-state index in [9.17, 15) is 4.79 Å². The van der Waals surface area contributed by atoms with Gasteiger partial charge < -0.3 is 14.5 Å². The second-order valence-corrected chi connectivity index (χ2v) is 11.6. The van der Waals surface area contributed by atoms with Gasteiger partial charge in [-0.3, -0.25) is 4.99 Å². The van der Waals surface area contributed by atoms with Crippen molar-refractivity contribution in [3.63, 3.8) is 0 Å². The highest BCUT2D eigenvalue weighted by molar-refractivity contribution is 6.08. The van der Waals surface area contributed by atoms with Crippen molar-refractivity contribution in [1.82, 2.24) is 0 Å². The summed E-state index contributed by atoms with van der Waals surface area (Å²) in [4.78, 5) is 18.2. The first-order valence-electron chi connectivity index (χ1n) is 16.5. The minimum atomic E-state index is -0.274. The number of fused-ring (bicyclic) bond motifs is 2. The Balaban J connectivity index is 1.60. The van der Waals surface area contributed by atoms with Gasteiger partial charge >= 0.3 is 5.97 Å². The highest BCUT2D eigenvalue weighted by Crippen LogP contribution is 2.43. The standard InChI is InChI=1S/C38H50N2O3/c1-6-9-10-11-12-13-14-15-16-19-22-42-38(41)30-21-18-17-20-29(30)37-31-23-27(4)33(39-7-2)25-35(31)43-36-26-34(40-8-3)28(5)24-32(36)37/h17-18,20-21,23-26,39H,6-16,19,22H2,1-5H3/b40-34+. The fourth-order valence-corrected chi connectivity index (χ4v) is 5.91. The summed E-state index contributed by atoms with van der Waals surface area (Å²) in [5, 5.41) is 5.34. The summed E-state index contributed by atoms with van der Waals surface area (Å²) in [5.74, 6) is 0.476. The van der Waals surface area contributed by atoms with Gasteiger partial charge in [-0.2, -0.15) is 0 Å². The normalized spacial score (nSPS) is 11.9. The van der Waals surface area contributed by atoms with E-state index in [0.717, 1.165) is 75.0 Å². The summed E-state index contributed by atoms with van der Waals surface area (Å²) < 4.78 is 12.4. The molecule has 1 heterocycles. The van der Waals surface area contributed by atoms with Crippen molar-refractivity contribution in [2.75, 3.05) is 25.0 Å². The molecule has 5 nitrogen and oxygen atoms in total. The van der Waals surface area contributed by atoms with E-state index in [0.29, 0.717) is 18.7 Å². The largest absolute Gasteiger partial charge is 0.462 e. The molecule has 2 aliphatic rings. The third-order valence-electron chi connectivity index (χ3n) is 8.23. The number of esters is 1. The number of aryl methyl sites for hydroxylation is 2. The second kappa shape index (κ2) is 16.3. The number of ether oxygens (including phenoxy) is 1. The zero-order valence-electron chi connectivity index (χ0n) is 27.0. The Bertz CT molecular complexity index is 1530. The summed E-state index contributed by atoms with van der Waals surface area (Å²) in [5.41, 5.74) is 7.40. The Morgan fingerprint density at radius 2 is 1.51 bits per heavy atom. The van der Waals surface area contributed by atoms with Crippen molar-refractivity contribution in [3.8, 4) is 22.5 Å². The summed E-state index contributed by atoms with van der Waals surface area (Å²) in [6.07, 6.45) is 12.5. The first-order chi connectivity index (χ1) is 21.0. The topological polar surface area (TPSA) is 63.8 Å². The molecular weight excluding hydrogens is 532 g/mol. The van der Waals surface area contributed by atoms with E-state index in [2.05, 4.69) is 56.2 Å². The Labute approximate surface area is 258 Å². The lowest BCUT2D eigenvalue weighted by Gasteiger charge is -2.20. The van der Waals surface area contributed by atoms with E-state index < -0.39 is 0 Å². The van der Waals surface area contributed by atoms with E-state index in [1.165, 1.54) is 51.4 Å². The Kier molecular flexibility index (Phi) is 12.3. The highest BCUT2D eigenvalue weighted by Gasteiger charge is 2.23. The fraction of sp³-hybridized carbons (Fsp3) is 0.474. The molecule has 5 heteroatoms. The number of carbonyl (C=O) groups is 1. The molecule has 0 saturated heterocycles. The van der Waals surface area contributed by atoms with Crippen molar-refractivity contribution in [2.24, 2.45) is 4.99 Å². The number of nitrogens with zero attached hydrogens (tertiary/aromatic N) is 1. The van der Waals surface area contributed by atoms with Crippen molar-refractivity contribution in [2.45, 2.75) is 98.8 Å². The average molecular weight is 583 g/mol. The van der Waals surface area contributed by atoms with Crippen LogP contribution >= 0.6 is 0 Å². The summed E-state index contributed by atoms with van der Waals surface area (Å²) in [7, 11) is 0. The molecule has 1 aliphatic carbocycles. The predicted octanol–water partition coefficient (Wildman–Crippen LogP) is 10.3. The molecule has 0 spiro atoms. The number of carbonyl (C=O) groups excluding carboxylic acids is 1. The number of rotatable bonds is 16. The molecule has 2 aromatic rings. The van der Waals surface area contributed by atoms with Gasteiger partial charge in [-0.15, -0.1) is 0 Å². The van der Waals surface area contributed by atoms with Crippen LogP contribution in [0.1, 0.15) is 106 Å². The van der Waals surface area contributed by atoms with Gasteiger partial charge in [0.1, 0.15) is 11.3 Å². The average Bonchev–Trinajstić information content (AvgIpc) is 3.00. The SMILES string of the molecule is CCCCCCCCCCCCOC(=O)c1ccccc1-c1c2cc(C)/c(=N/CC)cc-2oc2cc(NCC)c(C)cc12. The third-order valence-corrected chi connectivity index (χ3v) is 8.23. The monoisotopic (exact) mass is 582 g/mol. The number of benzene rings is 3. The van der Waals surface area contributed by atoms with Crippen LogP contribution in [0, 0.1) is 13.8 Å². The molecule has 0 aromatic heterocycles. The molecule has 43 heavy (non-hydrogen) atoms. The number of hydrogen-bond acceptors (Lipinski definition) is 5. The first kappa shape index (κ1) is 32.3. The molecule has 2 aromatic carbocycles. The van der Waals surface area contributed by atoms with Gasteiger partial charge in [0.25, 0.3) is 0 Å². The molecule has 230 valence electrons. The lowest BCUT2D eigenvalue weighted by molar-refractivity contribution is 0.0498. The van der Waals surface area contributed by atoms with Crippen molar-refractivity contribution >= 4 is 22.6 Å². The number of unbranched alkanes of at least 4 members (excludes halogenated alkanes) is 9. The zero-order valence-corrected chi connectivity index (χ0v) is 27.0. The van der Waals surface area contributed by atoms with Gasteiger partial charge in [0.15, 0.2) is 0 Å². The predicted molar refractivity (Wildman–Crippen MR) is 180 cm³/mol. The van der Waals surface area contributed by atoms with Crippen LogP contribution in [0.3, 0.4) is 0 Å². The highest BCUT2D eigenvalue weighted by atomic mass is 16.5. The van der Waals surface area contributed by atoms with Gasteiger partial charge in [0, 0.05) is 47.4 Å².